The summed E-state index contributed by atoms with van der Waals surface area (Å²) in [5.74, 6) is -2.28. The number of carbonyl (C=O) groups is 1. The largest absolute Gasteiger partial charge is 0.387 e. The minimum absolute atomic E-state index is 0.105. The second-order valence-corrected chi connectivity index (χ2v) is 5.17. The van der Waals surface area contributed by atoms with E-state index in [1.54, 1.807) is 0 Å². The second-order valence-electron chi connectivity index (χ2n) is 5.17. The normalized spacial score (nSPS) is 18.9. The summed E-state index contributed by atoms with van der Waals surface area (Å²) in [4.78, 5) is 13.0. The van der Waals surface area contributed by atoms with Crippen molar-refractivity contribution in [1.29, 1.82) is 0 Å². The highest BCUT2D eigenvalue weighted by Gasteiger charge is 2.24. The van der Waals surface area contributed by atoms with E-state index in [1.807, 2.05) is 4.90 Å². The third-order valence-corrected chi connectivity index (χ3v) is 3.75. The molecule has 110 valence electrons. The van der Waals surface area contributed by atoms with E-state index in [-0.39, 0.29) is 11.8 Å². The summed E-state index contributed by atoms with van der Waals surface area (Å²) in [6, 6.07) is 3.39. The smallest absolute Gasteiger partial charge is 0.220 e. The molecule has 20 heavy (non-hydrogen) atoms. The lowest BCUT2D eigenvalue weighted by Crippen LogP contribution is -2.40. The van der Waals surface area contributed by atoms with E-state index in [2.05, 4.69) is 0 Å². The van der Waals surface area contributed by atoms with Crippen molar-refractivity contribution in [2.45, 2.75) is 18.9 Å². The molecule has 1 unspecified atom stereocenters. The van der Waals surface area contributed by atoms with Gasteiger partial charge in [-0.1, -0.05) is 6.07 Å². The molecule has 3 N–H and O–H groups in total. The summed E-state index contributed by atoms with van der Waals surface area (Å²) in [5, 5.41) is 10.0. The van der Waals surface area contributed by atoms with E-state index in [9.17, 15) is 18.7 Å². The van der Waals surface area contributed by atoms with Crippen molar-refractivity contribution in [1.82, 2.24) is 4.90 Å². The van der Waals surface area contributed by atoms with Crippen LogP contribution in [0.5, 0.6) is 0 Å². The number of benzene rings is 1. The fraction of sp³-hybridized carbons (Fsp3) is 0.500. The van der Waals surface area contributed by atoms with Gasteiger partial charge in [0.25, 0.3) is 0 Å². The Morgan fingerprint density at radius 3 is 2.55 bits per heavy atom. The molecule has 0 aromatic heterocycles. The fourth-order valence-corrected chi connectivity index (χ4v) is 2.47. The van der Waals surface area contributed by atoms with Crippen LogP contribution in [0.15, 0.2) is 18.2 Å². The number of carbonyl (C=O) groups excluding carboxylic acids is 1. The molecule has 2 rings (SSSR count). The van der Waals surface area contributed by atoms with Gasteiger partial charge in [0.05, 0.1) is 6.10 Å². The van der Waals surface area contributed by atoms with Crippen molar-refractivity contribution in [2.24, 2.45) is 11.7 Å². The topological polar surface area (TPSA) is 66.6 Å². The van der Waals surface area contributed by atoms with E-state index < -0.39 is 17.7 Å². The third-order valence-electron chi connectivity index (χ3n) is 3.75. The van der Waals surface area contributed by atoms with E-state index in [1.165, 1.54) is 6.07 Å². The van der Waals surface area contributed by atoms with E-state index in [0.29, 0.717) is 38.0 Å². The zero-order chi connectivity index (χ0) is 14.7. The van der Waals surface area contributed by atoms with Crippen LogP contribution in [0.3, 0.4) is 0 Å². The Labute approximate surface area is 116 Å². The Morgan fingerprint density at radius 1 is 1.35 bits per heavy atom. The van der Waals surface area contributed by atoms with Gasteiger partial charge >= 0.3 is 0 Å². The van der Waals surface area contributed by atoms with Gasteiger partial charge in [-0.15, -0.1) is 0 Å². The Balaban J connectivity index is 1.90. The molecule has 6 heteroatoms. The van der Waals surface area contributed by atoms with Crippen molar-refractivity contribution in [2.75, 3.05) is 19.6 Å². The molecule has 4 nitrogen and oxygen atoms in total. The van der Waals surface area contributed by atoms with Gasteiger partial charge in [-0.25, -0.2) is 8.78 Å². The Hall–Kier alpha value is -1.53. The molecule has 1 atom stereocenters. The number of nitrogens with two attached hydrogens (primary N) is 1. The number of hydrogen-bond acceptors (Lipinski definition) is 3. The van der Waals surface area contributed by atoms with E-state index in [0.717, 1.165) is 12.1 Å². The molecule has 0 radical (unpaired) electrons. The van der Waals surface area contributed by atoms with Crippen LogP contribution >= 0.6 is 0 Å². The molecular weight excluding hydrogens is 266 g/mol. The highest BCUT2D eigenvalue weighted by Crippen LogP contribution is 2.21. The number of amides is 1. The Kier molecular flexibility index (Phi) is 4.67. The summed E-state index contributed by atoms with van der Waals surface area (Å²) < 4.78 is 25.9. The van der Waals surface area contributed by atoms with Crippen molar-refractivity contribution < 1.29 is 18.7 Å². The molecule has 1 aromatic rings. The maximum Gasteiger partial charge on any atom is 0.220 e. The Bertz CT molecular complexity index is 488. The maximum atomic E-state index is 13.1. The minimum atomic E-state index is -0.964. The van der Waals surface area contributed by atoms with Crippen LogP contribution < -0.4 is 5.73 Å². The second kappa shape index (κ2) is 6.28. The first-order valence-electron chi connectivity index (χ1n) is 6.62. The first kappa shape index (κ1) is 14.9. The minimum Gasteiger partial charge on any atom is -0.387 e. The number of hydrogen-bond donors (Lipinski definition) is 2. The average Bonchev–Trinajstić information content (AvgIpc) is 2.42. The highest BCUT2D eigenvalue weighted by atomic mass is 19.2. The molecule has 1 aliphatic rings. The van der Waals surface area contributed by atoms with Crippen LogP contribution in [0, 0.1) is 17.6 Å². The fourth-order valence-electron chi connectivity index (χ4n) is 2.47. The van der Waals surface area contributed by atoms with Crippen LogP contribution in [0.2, 0.25) is 0 Å². The predicted molar refractivity (Wildman–Crippen MR) is 69.7 cm³/mol. The number of aliphatic hydroxyl groups is 1. The van der Waals surface area contributed by atoms with Crippen LogP contribution in [0.4, 0.5) is 8.78 Å². The van der Waals surface area contributed by atoms with Gasteiger partial charge in [-0.3, -0.25) is 4.79 Å². The zero-order valence-corrected chi connectivity index (χ0v) is 11.1. The molecular formula is C14H18F2N2O2. The lowest BCUT2D eigenvalue weighted by Gasteiger charge is -2.31. The molecule has 1 aromatic carbocycles. The summed E-state index contributed by atoms with van der Waals surface area (Å²) in [7, 11) is 0. The first-order valence-corrected chi connectivity index (χ1v) is 6.62. The van der Waals surface area contributed by atoms with Crippen LogP contribution in [0.25, 0.3) is 0 Å². The predicted octanol–water partition coefficient (Wildman–Crippen LogP) is 1.20. The molecule has 1 amide bonds. The van der Waals surface area contributed by atoms with Gasteiger partial charge < -0.3 is 15.7 Å². The van der Waals surface area contributed by atoms with Crippen molar-refractivity contribution >= 4 is 5.91 Å². The average molecular weight is 284 g/mol. The van der Waals surface area contributed by atoms with Gasteiger partial charge in [0, 0.05) is 12.5 Å². The maximum absolute atomic E-state index is 13.1. The lowest BCUT2D eigenvalue weighted by molar-refractivity contribution is -0.123. The number of primary amides is 1. The summed E-state index contributed by atoms with van der Waals surface area (Å²) in [5.41, 5.74) is 5.60. The highest BCUT2D eigenvalue weighted by molar-refractivity contribution is 5.76. The van der Waals surface area contributed by atoms with E-state index >= 15 is 0 Å². The number of rotatable bonds is 4. The number of piperidine rings is 1. The molecule has 0 bridgehead atoms. The standard InChI is InChI=1S/C14H18F2N2O2/c15-11-2-1-10(7-12(11)16)13(19)8-18-5-3-9(4-6-18)14(17)20/h1-2,7,9,13,19H,3-6,8H2,(H2,17,20). The van der Waals surface area contributed by atoms with Crippen LogP contribution in [-0.4, -0.2) is 35.5 Å². The van der Waals surface area contributed by atoms with Crippen molar-refractivity contribution in [3.63, 3.8) is 0 Å². The first-order chi connectivity index (χ1) is 9.47. The molecule has 0 saturated carbocycles. The third kappa shape index (κ3) is 3.52. The van der Waals surface area contributed by atoms with Crippen LogP contribution in [0.1, 0.15) is 24.5 Å². The number of aliphatic hydroxyl groups excluding tert-OH is 1. The lowest BCUT2D eigenvalue weighted by atomic mass is 9.96. The van der Waals surface area contributed by atoms with Gasteiger partial charge in [0.2, 0.25) is 5.91 Å². The van der Waals surface area contributed by atoms with Crippen LogP contribution in [-0.2, 0) is 4.79 Å². The quantitative estimate of drug-likeness (QED) is 0.873. The van der Waals surface area contributed by atoms with E-state index in [4.69, 9.17) is 5.73 Å². The van der Waals surface area contributed by atoms with Gasteiger partial charge in [0.1, 0.15) is 0 Å². The van der Waals surface area contributed by atoms with Gasteiger partial charge in [-0.05, 0) is 43.6 Å². The van der Waals surface area contributed by atoms with Gasteiger partial charge in [-0.2, -0.15) is 0 Å². The molecule has 1 aliphatic heterocycles. The summed E-state index contributed by atoms with van der Waals surface area (Å²) in [6.07, 6.45) is 0.454. The zero-order valence-electron chi connectivity index (χ0n) is 11.1. The number of β-amino-alcohol motifs (C(OH)–C–C–N with tert-alkyl or cyclic N) is 1. The molecule has 1 heterocycles. The monoisotopic (exact) mass is 284 g/mol. The number of nitrogens with zero attached hydrogens (tertiary/aromatic N) is 1. The number of halogens is 2. The molecule has 1 saturated heterocycles. The van der Waals surface area contributed by atoms with Crippen molar-refractivity contribution in [3.8, 4) is 0 Å². The van der Waals surface area contributed by atoms with Gasteiger partial charge in [0.15, 0.2) is 11.6 Å². The summed E-state index contributed by atoms with van der Waals surface area (Å²) >= 11 is 0. The molecule has 0 spiro atoms. The van der Waals surface area contributed by atoms with Crippen molar-refractivity contribution in [3.05, 3.63) is 35.4 Å². The molecule has 0 aliphatic carbocycles. The number of likely N-dealkylation sites (tertiary alicyclic amines) is 1. The Morgan fingerprint density at radius 2 is 2.00 bits per heavy atom. The SMILES string of the molecule is NC(=O)C1CCN(CC(O)c2ccc(F)c(F)c2)CC1. The molecule has 1 fully saturated rings. The summed E-state index contributed by atoms with van der Waals surface area (Å²) in [6.45, 7) is 1.65.